The van der Waals surface area contributed by atoms with E-state index in [1.54, 1.807) is 13.1 Å². The number of nitrogens with zero attached hydrogens (tertiary/aromatic N) is 2. The highest BCUT2D eigenvalue weighted by Crippen LogP contribution is 2.35. The molecule has 0 atom stereocenters. The van der Waals surface area contributed by atoms with Gasteiger partial charge in [0.05, 0.1) is 11.9 Å². The molecule has 2 aromatic rings. The van der Waals surface area contributed by atoms with E-state index in [0.29, 0.717) is 11.3 Å². The number of rotatable bonds is 5. The van der Waals surface area contributed by atoms with Crippen LogP contribution in [0.2, 0.25) is 0 Å². The summed E-state index contributed by atoms with van der Waals surface area (Å²) in [5.41, 5.74) is 1.04. The second-order valence-corrected chi connectivity index (χ2v) is 5.43. The standard InChI is InChI=1S/C16H18F3N3/c1-9(2)21-15-6-13(16(18)19)12(5-14(15)17)11-7-20-22(8-11)10(3)4/h5-9,16,21H,3H2,1-2,4H3. The monoisotopic (exact) mass is 309 g/mol. The quantitative estimate of drug-likeness (QED) is 0.848. The molecule has 1 aromatic carbocycles. The van der Waals surface area contributed by atoms with Gasteiger partial charge in [-0.15, -0.1) is 0 Å². The zero-order chi connectivity index (χ0) is 16.4. The summed E-state index contributed by atoms with van der Waals surface area (Å²) in [6, 6.07) is 2.22. The van der Waals surface area contributed by atoms with E-state index < -0.39 is 12.2 Å². The SMILES string of the molecule is C=C(C)n1cc(-c2cc(F)c(NC(C)C)cc2C(F)F)cn1. The van der Waals surface area contributed by atoms with Crippen LogP contribution in [0.25, 0.3) is 16.8 Å². The van der Waals surface area contributed by atoms with Crippen molar-refractivity contribution >= 4 is 11.4 Å². The highest BCUT2D eigenvalue weighted by Gasteiger charge is 2.19. The predicted octanol–water partition coefficient (Wildman–Crippen LogP) is 4.94. The Morgan fingerprint density at radius 2 is 2.00 bits per heavy atom. The van der Waals surface area contributed by atoms with Crippen molar-refractivity contribution in [2.75, 3.05) is 5.32 Å². The molecule has 0 spiro atoms. The summed E-state index contributed by atoms with van der Waals surface area (Å²) in [5.74, 6) is -0.573. The van der Waals surface area contributed by atoms with Crippen LogP contribution in [0.5, 0.6) is 0 Å². The Balaban J connectivity index is 2.54. The first-order chi connectivity index (χ1) is 10.3. The Morgan fingerprint density at radius 1 is 1.32 bits per heavy atom. The molecule has 0 aliphatic rings. The number of alkyl halides is 2. The summed E-state index contributed by atoms with van der Waals surface area (Å²) >= 11 is 0. The molecule has 1 heterocycles. The van der Waals surface area contributed by atoms with Crippen LogP contribution < -0.4 is 5.32 Å². The number of hydrogen-bond acceptors (Lipinski definition) is 2. The molecule has 0 fully saturated rings. The van der Waals surface area contributed by atoms with Crippen molar-refractivity contribution in [1.29, 1.82) is 0 Å². The van der Waals surface area contributed by atoms with Gasteiger partial charge >= 0.3 is 0 Å². The van der Waals surface area contributed by atoms with Gasteiger partial charge in [-0.1, -0.05) is 6.58 Å². The highest BCUT2D eigenvalue weighted by atomic mass is 19.3. The lowest BCUT2D eigenvalue weighted by atomic mass is 10.0. The molecular formula is C16H18F3N3. The van der Waals surface area contributed by atoms with Gasteiger partial charge in [0.15, 0.2) is 0 Å². The van der Waals surface area contributed by atoms with Crippen molar-refractivity contribution < 1.29 is 13.2 Å². The summed E-state index contributed by atoms with van der Waals surface area (Å²) in [6.45, 7) is 9.08. The fourth-order valence-electron chi connectivity index (χ4n) is 2.11. The fourth-order valence-corrected chi connectivity index (χ4v) is 2.11. The summed E-state index contributed by atoms with van der Waals surface area (Å²) in [7, 11) is 0. The van der Waals surface area contributed by atoms with Crippen LogP contribution in [0.4, 0.5) is 18.9 Å². The lowest BCUT2D eigenvalue weighted by molar-refractivity contribution is 0.152. The third-order valence-corrected chi connectivity index (χ3v) is 3.10. The number of benzene rings is 1. The molecule has 0 aliphatic heterocycles. The lowest BCUT2D eigenvalue weighted by Gasteiger charge is -2.15. The van der Waals surface area contributed by atoms with Crippen molar-refractivity contribution in [1.82, 2.24) is 9.78 Å². The molecule has 3 nitrogen and oxygen atoms in total. The van der Waals surface area contributed by atoms with Gasteiger partial charge in [-0.05, 0) is 38.5 Å². The first-order valence-electron chi connectivity index (χ1n) is 6.88. The third kappa shape index (κ3) is 3.32. The molecule has 0 amide bonds. The van der Waals surface area contributed by atoms with E-state index >= 15 is 0 Å². The molecule has 2 rings (SSSR count). The largest absolute Gasteiger partial charge is 0.380 e. The lowest BCUT2D eigenvalue weighted by Crippen LogP contribution is -2.11. The molecule has 0 saturated heterocycles. The molecule has 1 N–H and O–H groups in total. The van der Waals surface area contributed by atoms with E-state index in [1.165, 1.54) is 10.9 Å². The number of aromatic nitrogens is 2. The summed E-state index contributed by atoms with van der Waals surface area (Å²) < 4.78 is 42.3. The van der Waals surface area contributed by atoms with Gasteiger partial charge in [-0.3, -0.25) is 0 Å². The second-order valence-electron chi connectivity index (χ2n) is 5.43. The Labute approximate surface area is 127 Å². The number of anilines is 1. The summed E-state index contributed by atoms with van der Waals surface area (Å²) in [4.78, 5) is 0. The Hall–Kier alpha value is -2.24. The van der Waals surface area contributed by atoms with E-state index in [1.807, 2.05) is 13.8 Å². The Bertz CT molecular complexity index is 690. The number of nitrogens with one attached hydrogen (secondary N) is 1. The molecule has 0 saturated carbocycles. The molecule has 1 aromatic heterocycles. The van der Waals surface area contributed by atoms with Gasteiger partial charge in [0.2, 0.25) is 0 Å². The van der Waals surface area contributed by atoms with Crippen molar-refractivity contribution in [2.24, 2.45) is 0 Å². The third-order valence-electron chi connectivity index (χ3n) is 3.10. The maximum Gasteiger partial charge on any atom is 0.264 e. The van der Waals surface area contributed by atoms with Crippen molar-refractivity contribution in [3.8, 4) is 11.1 Å². The van der Waals surface area contributed by atoms with Crippen LogP contribution >= 0.6 is 0 Å². The van der Waals surface area contributed by atoms with E-state index in [2.05, 4.69) is 17.0 Å². The average Bonchev–Trinajstić information content (AvgIpc) is 2.89. The molecule has 0 aliphatic carbocycles. The molecule has 0 radical (unpaired) electrons. The first kappa shape index (κ1) is 16.1. The van der Waals surface area contributed by atoms with Crippen molar-refractivity contribution in [3.05, 3.63) is 42.5 Å². The maximum atomic E-state index is 14.2. The van der Waals surface area contributed by atoms with E-state index in [9.17, 15) is 13.2 Å². The summed E-state index contributed by atoms with van der Waals surface area (Å²) in [5, 5.41) is 6.85. The molecule has 0 unspecified atom stereocenters. The normalized spacial score (nSPS) is 11.3. The van der Waals surface area contributed by atoms with Crippen molar-refractivity contribution in [3.63, 3.8) is 0 Å². The van der Waals surface area contributed by atoms with Gasteiger partial charge in [-0.25, -0.2) is 17.9 Å². The van der Waals surface area contributed by atoms with Crippen LogP contribution in [-0.2, 0) is 0 Å². The zero-order valence-corrected chi connectivity index (χ0v) is 12.7. The minimum absolute atomic E-state index is 0.0583. The van der Waals surface area contributed by atoms with Gasteiger partial charge in [0, 0.05) is 29.1 Å². The fraction of sp³-hybridized carbons (Fsp3) is 0.312. The van der Waals surface area contributed by atoms with Crippen LogP contribution in [0.1, 0.15) is 32.8 Å². The number of halogens is 3. The molecule has 0 bridgehead atoms. The highest BCUT2D eigenvalue weighted by molar-refractivity contribution is 5.71. The average molecular weight is 309 g/mol. The first-order valence-corrected chi connectivity index (χ1v) is 6.88. The molecule has 6 heteroatoms. The van der Waals surface area contributed by atoms with Gasteiger partial charge in [-0.2, -0.15) is 5.10 Å². The van der Waals surface area contributed by atoms with Crippen LogP contribution in [-0.4, -0.2) is 15.8 Å². The molecular weight excluding hydrogens is 291 g/mol. The minimum Gasteiger partial charge on any atom is -0.380 e. The Morgan fingerprint density at radius 3 is 2.50 bits per heavy atom. The molecule has 118 valence electrons. The van der Waals surface area contributed by atoms with Crippen LogP contribution in [0.3, 0.4) is 0 Å². The van der Waals surface area contributed by atoms with Crippen LogP contribution in [0, 0.1) is 5.82 Å². The molecule has 22 heavy (non-hydrogen) atoms. The number of hydrogen-bond donors (Lipinski definition) is 1. The van der Waals surface area contributed by atoms with Gasteiger partial charge in [0.25, 0.3) is 6.43 Å². The van der Waals surface area contributed by atoms with E-state index in [0.717, 1.165) is 12.1 Å². The number of allylic oxidation sites excluding steroid dienone is 1. The van der Waals surface area contributed by atoms with Crippen LogP contribution in [0.15, 0.2) is 31.1 Å². The van der Waals surface area contributed by atoms with Gasteiger partial charge < -0.3 is 5.32 Å². The second kappa shape index (κ2) is 6.25. The smallest absolute Gasteiger partial charge is 0.264 e. The topological polar surface area (TPSA) is 29.9 Å². The van der Waals surface area contributed by atoms with Gasteiger partial charge in [0.1, 0.15) is 5.82 Å². The summed E-state index contributed by atoms with van der Waals surface area (Å²) in [6.07, 6.45) is 0.264. The Kier molecular flexibility index (Phi) is 4.59. The van der Waals surface area contributed by atoms with E-state index in [4.69, 9.17) is 0 Å². The van der Waals surface area contributed by atoms with E-state index in [-0.39, 0.29) is 22.9 Å². The predicted molar refractivity (Wildman–Crippen MR) is 82.3 cm³/mol. The minimum atomic E-state index is -2.71. The maximum absolute atomic E-state index is 14.2. The zero-order valence-electron chi connectivity index (χ0n) is 12.7. The van der Waals surface area contributed by atoms with Crippen molar-refractivity contribution in [2.45, 2.75) is 33.2 Å².